The van der Waals surface area contributed by atoms with Gasteiger partial charge in [-0.2, -0.15) is 0 Å². The van der Waals surface area contributed by atoms with Crippen molar-refractivity contribution in [3.8, 4) is 0 Å². The minimum atomic E-state index is -0.706. The van der Waals surface area contributed by atoms with Gasteiger partial charge in [0, 0.05) is 10.2 Å². The molecule has 0 saturated heterocycles. The number of hydroxylamine groups is 1. The number of anilines is 2. The van der Waals surface area contributed by atoms with E-state index in [9.17, 15) is 9.18 Å². The molecule has 2 aromatic rings. The summed E-state index contributed by atoms with van der Waals surface area (Å²) in [6.07, 6.45) is 0. The second-order valence-electron chi connectivity index (χ2n) is 4.22. The minimum absolute atomic E-state index is 0.149. The number of aryl methyl sites for hydroxylation is 1. The summed E-state index contributed by atoms with van der Waals surface area (Å²) in [6, 6.07) is 9.20. The third kappa shape index (κ3) is 3.15. The van der Waals surface area contributed by atoms with Gasteiger partial charge in [0.2, 0.25) is 0 Å². The van der Waals surface area contributed by atoms with Gasteiger partial charge in [0.1, 0.15) is 5.82 Å². The van der Waals surface area contributed by atoms with Crippen LogP contribution in [-0.2, 0) is 0 Å². The van der Waals surface area contributed by atoms with Crippen molar-refractivity contribution in [2.24, 2.45) is 0 Å². The zero-order valence-corrected chi connectivity index (χ0v) is 12.2. The summed E-state index contributed by atoms with van der Waals surface area (Å²) in [4.78, 5) is 11.5. The van der Waals surface area contributed by atoms with Crippen molar-refractivity contribution in [3.05, 3.63) is 57.8 Å². The summed E-state index contributed by atoms with van der Waals surface area (Å²) in [5, 5.41) is 11.7. The molecule has 0 aliphatic carbocycles. The highest BCUT2D eigenvalue weighted by atomic mass is 79.9. The lowest BCUT2D eigenvalue weighted by Crippen LogP contribution is -2.20. The average Bonchev–Trinajstić information content (AvgIpc) is 2.41. The number of benzene rings is 2. The van der Waals surface area contributed by atoms with Crippen molar-refractivity contribution in [3.63, 3.8) is 0 Å². The first kappa shape index (κ1) is 14.5. The van der Waals surface area contributed by atoms with Crippen molar-refractivity contribution < 1.29 is 14.4 Å². The maximum Gasteiger partial charge on any atom is 0.276 e. The van der Waals surface area contributed by atoms with E-state index < -0.39 is 11.7 Å². The zero-order chi connectivity index (χ0) is 14.7. The van der Waals surface area contributed by atoms with Crippen molar-refractivity contribution in [2.45, 2.75) is 6.92 Å². The molecule has 0 spiro atoms. The van der Waals surface area contributed by atoms with Crippen LogP contribution in [0.4, 0.5) is 15.8 Å². The topological polar surface area (TPSA) is 61.4 Å². The quantitative estimate of drug-likeness (QED) is 0.589. The second-order valence-corrected chi connectivity index (χ2v) is 5.13. The van der Waals surface area contributed by atoms with Gasteiger partial charge in [-0.25, -0.2) is 9.87 Å². The molecule has 2 aromatic carbocycles. The van der Waals surface area contributed by atoms with Gasteiger partial charge in [-0.05, 0) is 48.9 Å². The zero-order valence-electron chi connectivity index (χ0n) is 10.6. The van der Waals surface area contributed by atoms with E-state index in [1.54, 1.807) is 5.48 Å². The van der Waals surface area contributed by atoms with Gasteiger partial charge in [-0.1, -0.05) is 15.9 Å². The summed E-state index contributed by atoms with van der Waals surface area (Å²) in [5.74, 6) is -1.18. The SMILES string of the molecule is Cc1cc(Br)ccc1Nc1cc(F)ccc1C(=O)NO. The molecule has 0 bridgehead atoms. The van der Waals surface area contributed by atoms with Gasteiger partial charge in [0.15, 0.2) is 0 Å². The van der Waals surface area contributed by atoms with Crippen LogP contribution in [0.3, 0.4) is 0 Å². The van der Waals surface area contributed by atoms with Crippen LogP contribution in [0, 0.1) is 12.7 Å². The van der Waals surface area contributed by atoms with E-state index in [1.165, 1.54) is 12.1 Å². The molecule has 0 saturated carbocycles. The lowest BCUT2D eigenvalue weighted by Gasteiger charge is -2.13. The largest absolute Gasteiger partial charge is 0.355 e. The van der Waals surface area contributed by atoms with Crippen LogP contribution in [-0.4, -0.2) is 11.1 Å². The fourth-order valence-corrected chi connectivity index (χ4v) is 2.27. The lowest BCUT2D eigenvalue weighted by molar-refractivity contribution is 0.0707. The Labute approximate surface area is 123 Å². The van der Waals surface area contributed by atoms with E-state index in [0.717, 1.165) is 21.8 Å². The summed E-state index contributed by atoms with van der Waals surface area (Å²) in [6.45, 7) is 1.89. The van der Waals surface area contributed by atoms with Crippen LogP contribution >= 0.6 is 15.9 Å². The standard InChI is InChI=1S/C14H12BrFN2O2/c1-8-6-9(15)2-5-12(8)17-13-7-10(16)3-4-11(13)14(19)18-20/h2-7,17,20H,1H3,(H,18,19). The van der Waals surface area contributed by atoms with Crippen molar-refractivity contribution in [1.29, 1.82) is 0 Å². The molecule has 2 rings (SSSR count). The molecular weight excluding hydrogens is 327 g/mol. The Morgan fingerprint density at radius 2 is 1.95 bits per heavy atom. The number of hydrogen-bond acceptors (Lipinski definition) is 3. The van der Waals surface area contributed by atoms with Crippen LogP contribution < -0.4 is 10.8 Å². The van der Waals surface area contributed by atoms with E-state index >= 15 is 0 Å². The van der Waals surface area contributed by atoms with Gasteiger partial charge in [0.25, 0.3) is 5.91 Å². The Morgan fingerprint density at radius 3 is 2.60 bits per heavy atom. The number of nitrogens with one attached hydrogen (secondary N) is 2. The maximum atomic E-state index is 13.3. The summed E-state index contributed by atoms with van der Waals surface area (Å²) in [7, 11) is 0. The number of hydrogen-bond donors (Lipinski definition) is 3. The highest BCUT2D eigenvalue weighted by Gasteiger charge is 2.12. The Kier molecular flexibility index (Phi) is 4.36. The van der Waals surface area contributed by atoms with E-state index in [1.807, 2.05) is 25.1 Å². The van der Waals surface area contributed by atoms with Crippen LogP contribution in [0.1, 0.15) is 15.9 Å². The van der Waals surface area contributed by atoms with Crippen molar-refractivity contribution in [2.75, 3.05) is 5.32 Å². The average molecular weight is 339 g/mol. The first-order valence-corrected chi connectivity index (χ1v) is 6.57. The number of carbonyl (C=O) groups is 1. The van der Waals surface area contributed by atoms with E-state index in [-0.39, 0.29) is 11.3 Å². The molecule has 0 aliphatic heterocycles. The summed E-state index contributed by atoms with van der Waals surface area (Å²) < 4.78 is 14.3. The van der Waals surface area contributed by atoms with E-state index in [4.69, 9.17) is 5.21 Å². The van der Waals surface area contributed by atoms with Gasteiger partial charge >= 0.3 is 0 Å². The Bertz CT molecular complexity index is 662. The van der Waals surface area contributed by atoms with Crippen LogP contribution in [0.15, 0.2) is 40.9 Å². The summed E-state index contributed by atoms with van der Waals surface area (Å²) >= 11 is 3.36. The Balaban J connectivity index is 2.41. The fraction of sp³-hybridized carbons (Fsp3) is 0.0714. The Morgan fingerprint density at radius 1 is 1.20 bits per heavy atom. The van der Waals surface area contributed by atoms with Crippen LogP contribution in [0.25, 0.3) is 0 Å². The van der Waals surface area contributed by atoms with Crippen LogP contribution in [0.5, 0.6) is 0 Å². The third-order valence-corrected chi connectivity index (χ3v) is 3.28. The predicted molar refractivity (Wildman–Crippen MR) is 77.8 cm³/mol. The molecule has 104 valence electrons. The van der Waals surface area contributed by atoms with E-state index in [2.05, 4.69) is 21.2 Å². The molecule has 4 nitrogen and oxygen atoms in total. The molecule has 0 aliphatic rings. The normalized spacial score (nSPS) is 10.2. The van der Waals surface area contributed by atoms with Gasteiger partial charge < -0.3 is 5.32 Å². The number of carbonyl (C=O) groups excluding carboxylic acids is 1. The number of halogens is 2. The second kappa shape index (κ2) is 6.02. The predicted octanol–water partition coefficient (Wildman–Crippen LogP) is 3.76. The molecule has 3 N–H and O–H groups in total. The van der Waals surface area contributed by atoms with Crippen molar-refractivity contribution in [1.82, 2.24) is 5.48 Å². The molecular formula is C14H12BrFN2O2. The minimum Gasteiger partial charge on any atom is -0.355 e. The first-order valence-electron chi connectivity index (χ1n) is 5.78. The molecule has 0 aromatic heterocycles. The van der Waals surface area contributed by atoms with Gasteiger partial charge in [-0.15, -0.1) is 0 Å². The smallest absolute Gasteiger partial charge is 0.276 e. The third-order valence-electron chi connectivity index (χ3n) is 2.79. The molecule has 0 heterocycles. The van der Waals surface area contributed by atoms with Crippen LogP contribution in [0.2, 0.25) is 0 Å². The maximum absolute atomic E-state index is 13.3. The molecule has 0 atom stereocenters. The molecule has 0 unspecified atom stereocenters. The van der Waals surface area contributed by atoms with Gasteiger partial charge in [0.05, 0.1) is 11.3 Å². The highest BCUT2D eigenvalue weighted by molar-refractivity contribution is 9.10. The molecule has 20 heavy (non-hydrogen) atoms. The van der Waals surface area contributed by atoms with Crippen molar-refractivity contribution >= 4 is 33.2 Å². The number of rotatable bonds is 3. The summed E-state index contributed by atoms with van der Waals surface area (Å²) in [5.41, 5.74) is 3.64. The first-order chi connectivity index (χ1) is 9.51. The Hall–Kier alpha value is -1.92. The highest BCUT2D eigenvalue weighted by Crippen LogP contribution is 2.26. The fourth-order valence-electron chi connectivity index (χ4n) is 1.79. The number of amides is 1. The monoisotopic (exact) mass is 338 g/mol. The molecule has 0 fully saturated rings. The molecule has 0 radical (unpaired) electrons. The lowest BCUT2D eigenvalue weighted by atomic mass is 10.1. The van der Waals surface area contributed by atoms with Gasteiger partial charge in [-0.3, -0.25) is 10.0 Å². The van der Waals surface area contributed by atoms with E-state index in [0.29, 0.717) is 0 Å². The molecule has 6 heteroatoms. The molecule has 1 amide bonds.